The van der Waals surface area contributed by atoms with Crippen molar-refractivity contribution in [3.05, 3.63) is 82.0 Å². The molecule has 0 aromatic heterocycles. The summed E-state index contributed by atoms with van der Waals surface area (Å²) in [5.41, 5.74) is 6.90. The first-order valence-corrected chi connectivity index (χ1v) is 7.26. The molecule has 2 aromatic rings. The molecule has 4 N–H and O–H groups in total. The quantitative estimate of drug-likeness (QED) is 0.447. The minimum absolute atomic E-state index is 0.00619. The smallest absolute Gasteiger partial charge is 0.269 e. The molecule has 126 valence electrons. The number of benzene rings is 2. The van der Waals surface area contributed by atoms with Crippen molar-refractivity contribution in [2.45, 2.75) is 0 Å². The molecule has 0 fully saturated rings. The topological polar surface area (TPSA) is 123 Å². The maximum atomic E-state index is 10.6. The average molecular weight is 338 g/mol. The number of ether oxygens (including phenoxy) is 1. The van der Waals surface area contributed by atoms with Crippen LogP contribution >= 0.6 is 0 Å². The van der Waals surface area contributed by atoms with E-state index in [-0.39, 0.29) is 17.4 Å². The van der Waals surface area contributed by atoms with Gasteiger partial charge in [0.1, 0.15) is 11.5 Å². The number of nitrogens with zero attached hydrogens (tertiary/aromatic N) is 2. The number of hydrogen-bond acceptors (Lipinski definition) is 7. The highest BCUT2D eigenvalue weighted by Crippen LogP contribution is 2.25. The lowest BCUT2D eigenvalue weighted by atomic mass is 10.1. The Labute approximate surface area is 142 Å². The summed E-state index contributed by atoms with van der Waals surface area (Å²) in [6.07, 6.45) is 3.28. The van der Waals surface area contributed by atoms with Gasteiger partial charge in [-0.05, 0) is 48.0 Å². The molecule has 0 spiro atoms. The van der Waals surface area contributed by atoms with E-state index in [4.69, 9.17) is 10.5 Å². The molecule has 25 heavy (non-hydrogen) atoms. The molecule has 0 atom stereocenters. The predicted molar refractivity (Wildman–Crippen MR) is 93.1 cm³/mol. The summed E-state index contributed by atoms with van der Waals surface area (Å²) in [6, 6.07) is 13.0. The van der Waals surface area contributed by atoms with E-state index in [0.717, 1.165) is 11.3 Å². The van der Waals surface area contributed by atoms with Crippen molar-refractivity contribution in [2.75, 3.05) is 0 Å². The van der Waals surface area contributed by atoms with Crippen LogP contribution in [-0.4, -0.2) is 16.2 Å². The highest BCUT2D eigenvalue weighted by molar-refractivity contribution is 5.87. The number of aliphatic hydroxyl groups excluding tert-OH is 1. The highest BCUT2D eigenvalue weighted by atomic mass is 16.6. The number of nitrogens with two attached hydrogens (primary N) is 1. The SMILES string of the molecule is N/C(O)=C1\N=CC=C(c2ccc(Oc3ccc([N+](=O)[O-])cc3)cc2)N1. The van der Waals surface area contributed by atoms with Gasteiger partial charge in [0.15, 0.2) is 5.82 Å². The fraction of sp³-hybridized carbons (Fsp3) is 0. The fourth-order valence-corrected chi connectivity index (χ4v) is 2.16. The predicted octanol–water partition coefficient (Wildman–Crippen LogP) is 3.05. The van der Waals surface area contributed by atoms with Gasteiger partial charge in [-0.3, -0.25) is 10.1 Å². The molecule has 3 rings (SSSR count). The normalized spacial score (nSPS) is 15.1. The zero-order valence-electron chi connectivity index (χ0n) is 12.9. The molecule has 2 aromatic carbocycles. The molecule has 1 heterocycles. The minimum Gasteiger partial charge on any atom is -0.492 e. The van der Waals surface area contributed by atoms with E-state index in [2.05, 4.69) is 10.3 Å². The number of nitro groups is 1. The summed E-state index contributed by atoms with van der Waals surface area (Å²) in [6.45, 7) is 0. The van der Waals surface area contributed by atoms with E-state index in [1.807, 2.05) is 12.1 Å². The molecule has 0 saturated carbocycles. The summed E-state index contributed by atoms with van der Waals surface area (Å²) >= 11 is 0. The Morgan fingerprint density at radius 3 is 2.28 bits per heavy atom. The molecule has 8 heteroatoms. The zero-order chi connectivity index (χ0) is 17.8. The van der Waals surface area contributed by atoms with Crippen LogP contribution in [0.5, 0.6) is 11.5 Å². The van der Waals surface area contributed by atoms with Gasteiger partial charge < -0.3 is 20.9 Å². The van der Waals surface area contributed by atoms with Crippen LogP contribution in [-0.2, 0) is 0 Å². The first kappa shape index (κ1) is 16.1. The van der Waals surface area contributed by atoms with Gasteiger partial charge in [-0.25, -0.2) is 4.99 Å². The van der Waals surface area contributed by atoms with Crippen molar-refractivity contribution in [3.63, 3.8) is 0 Å². The van der Waals surface area contributed by atoms with E-state index in [0.29, 0.717) is 11.5 Å². The summed E-state index contributed by atoms with van der Waals surface area (Å²) < 4.78 is 5.66. The van der Waals surface area contributed by atoms with Crippen LogP contribution < -0.4 is 15.8 Å². The summed E-state index contributed by atoms with van der Waals surface area (Å²) in [5, 5.41) is 22.9. The molecule has 0 aliphatic carbocycles. The molecular formula is C17H14N4O4. The Morgan fingerprint density at radius 2 is 1.72 bits per heavy atom. The number of nitro benzene ring substituents is 1. The zero-order valence-corrected chi connectivity index (χ0v) is 12.9. The van der Waals surface area contributed by atoms with Crippen LogP contribution in [0.15, 0.2) is 71.3 Å². The molecule has 0 unspecified atom stereocenters. The maximum absolute atomic E-state index is 10.6. The van der Waals surface area contributed by atoms with Gasteiger partial charge in [-0.1, -0.05) is 0 Å². The van der Waals surface area contributed by atoms with Crippen LogP contribution in [0, 0.1) is 10.1 Å². The van der Waals surface area contributed by atoms with Gasteiger partial charge in [0.25, 0.3) is 5.69 Å². The van der Waals surface area contributed by atoms with Crippen molar-refractivity contribution in [1.29, 1.82) is 0 Å². The van der Waals surface area contributed by atoms with Gasteiger partial charge in [0, 0.05) is 24.0 Å². The number of aliphatic hydroxyl groups is 1. The van der Waals surface area contributed by atoms with E-state index in [9.17, 15) is 15.2 Å². The molecular weight excluding hydrogens is 324 g/mol. The van der Waals surface area contributed by atoms with Gasteiger partial charge >= 0.3 is 0 Å². The lowest BCUT2D eigenvalue weighted by Gasteiger charge is -2.15. The van der Waals surface area contributed by atoms with Crippen molar-refractivity contribution >= 4 is 17.6 Å². The lowest BCUT2D eigenvalue weighted by molar-refractivity contribution is -0.384. The first-order chi connectivity index (χ1) is 12.0. The lowest BCUT2D eigenvalue weighted by Crippen LogP contribution is -2.18. The maximum Gasteiger partial charge on any atom is 0.269 e. The number of non-ortho nitro benzene ring substituents is 1. The third-order valence-electron chi connectivity index (χ3n) is 3.39. The standard InChI is InChI=1S/C17H14N4O4/c18-16(22)17-19-10-9-15(20-17)11-1-5-13(6-2-11)25-14-7-3-12(4-8-14)21(23)24/h1-10,20,22H,18H2/b17-16-. The molecule has 0 saturated heterocycles. The Morgan fingerprint density at radius 1 is 1.12 bits per heavy atom. The average Bonchev–Trinajstić information content (AvgIpc) is 2.63. The Kier molecular flexibility index (Phi) is 4.34. The van der Waals surface area contributed by atoms with E-state index < -0.39 is 4.92 Å². The first-order valence-electron chi connectivity index (χ1n) is 7.26. The summed E-state index contributed by atoms with van der Waals surface area (Å²) in [7, 11) is 0. The number of nitrogens with one attached hydrogen (secondary N) is 1. The molecule has 8 nitrogen and oxygen atoms in total. The summed E-state index contributed by atoms with van der Waals surface area (Å²) in [5.74, 6) is 0.877. The van der Waals surface area contributed by atoms with Crippen LogP contribution in [0.2, 0.25) is 0 Å². The van der Waals surface area contributed by atoms with E-state index in [1.165, 1.54) is 30.5 Å². The van der Waals surface area contributed by atoms with Crippen molar-refractivity contribution in [2.24, 2.45) is 10.7 Å². The van der Waals surface area contributed by atoms with Crippen molar-refractivity contribution in [1.82, 2.24) is 5.32 Å². The fourth-order valence-electron chi connectivity index (χ4n) is 2.16. The number of hydrogen-bond donors (Lipinski definition) is 3. The number of rotatable bonds is 4. The third kappa shape index (κ3) is 3.75. The molecule has 1 aliphatic rings. The van der Waals surface area contributed by atoms with Gasteiger partial charge in [0.05, 0.1) is 4.92 Å². The second kappa shape index (κ2) is 6.75. The van der Waals surface area contributed by atoms with Crippen LogP contribution in [0.1, 0.15) is 5.56 Å². The molecule has 0 amide bonds. The largest absolute Gasteiger partial charge is 0.492 e. The van der Waals surface area contributed by atoms with Crippen LogP contribution in [0.3, 0.4) is 0 Å². The Bertz CT molecular complexity index is 880. The molecule has 0 radical (unpaired) electrons. The van der Waals surface area contributed by atoms with Crippen LogP contribution in [0.25, 0.3) is 5.70 Å². The third-order valence-corrected chi connectivity index (χ3v) is 3.39. The Balaban J connectivity index is 1.72. The monoisotopic (exact) mass is 338 g/mol. The second-order valence-electron chi connectivity index (χ2n) is 5.09. The summed E-state index contributed by atoms with van der Waals surface area (Å²) in [4.78, 5) is 14.1. The second-order valence-corrected chi connectivity index (χ2v) is 5.09. The van der Waals surface area contributed by atoms with Crippen molar-refractivity contribution < 1.29 is 14.8 Å². The van der Waals surface area contributed by atoms with Crippen LogP contribution in [0.4, 0.5) is 5.69 Å². The van der Waals surface area contributed by atoms with Gasteiger partial charge in [0.2, 0.25) is 5.88 Å². The Hall–Kier alpha value is -3.81. The molecule has 1 aliphatic heterocycles. The van der Waals surface area contributed by atoms with Crippen molar-refractivity contribution in [3.8, 4) is 11.5 Å². The van der Waals surface area contributed by atoms with E-state index >= 15 is 0 Å². The number of aliphatic imine (C=N–C) groups is 1. The van der Waals surface area contributed by atoms with Gasteiger partial charge in [-0.15, -0.1) is 0 Å². The molecule has 0 bridgehead atoms. The minimum atomic E-state index is -0.464. The van der Waals surface area contributed by atoms with E-state index in [1.54, 1.807) is 18.2 Å². The highest BCUT2D eigenvalue weighted by Gasteiger charge is 2.10. The van der Waals surface area contributed by atoms with Gasteiger partial charge in [-0.2, -0.15) is 0 Å². The number of allylic oxidation sites excluding steroid dienone is 1.